The molecular formula is C18H15Cl2N3O4. The van der Waals surface area contributed by atoms with Gasteiger partial charge in [0.2, 0.25) is 0 Å². The molecule has 1 atom stereocenters. The first-order chi connectivity index (χ1) is 13.0. The van der Waals surface area contributed by atoms with E-state index in [1.165, 1.54) is 18.2 Å². The number of amides is 4. The van der Waals surface area contributed by atoms with E-state index in [9.17, 15) is 14.4 Å². The van der Waals surface area contributed by atoms with Gasteiger partial charge in [0, 0.05) is 12.2 Å². The number of hydrogen-bond donors (Lipinski definition) is 1. The number of imide groups is 1. The molecule has 2 saturated heterocycles. The average Bonchev–Trinajstić information content (AvgIpc) is 3.19. The number of furan rings is 1. The summed E-state index contributed by atoms with van der Waals surface area (Å²) in [6.45, 7) is 0.573. The highest BCUT2D eigenvalue weighted by molar-refractivity contribution is 6.36. The number of urea groups is 1. The Labute approximate surface area is 164 Å². The third-order valence-corrected chi connectivity index (χ3v) is 5.19. The zero-order valence-corrected chi connectivity index (χ0v) is 15.6. The molecule has 2 fully saturated rings. The van der Waals surface area contributed by atoms with Crippen LogP contribution in [0.15, 0.2) is 34.7 Å². The van der Waals surface area contributed by atoms with Crippen LogP contribution >= 0.6 is 23.2 Å². The maximum absolute atomic E-state index is 12.7. The molecular weight excluding hydrogens is 393 g/mol. The summed E-state index contributed by atoms with van der Waals surface area (Å²) in [6, 6.07) is 6.75. The number of benzene rings is 1. The molecule has 1 aromatic heterocycles. The van der Waals surface area contributed by atoms with Crippen molar-refractivity contribution in [2.75, 3.05) is 16.8 Å². The highest BCUT2D eigenvalue weighted by Gasteiger charge is 2.47. The minimum atomic E-state index is -0.490. The Morgan fingerprint density at radius 3 is 2.63 bits per heavy atom. The zero-order valence-electron chi connectivity index (χ0n) is 14.1. The molecule has 140 valence electrons. The Morgan fingerprint density at radius 1 is 1.15 bits per heavy atom. The molecule has 0 radical (unpaired) electrons. The second-order valence-electron chi connectivity index (χ2n) is 6.39. The van der Waals surface area contributed by atoms with E-state index in [1.54, 1.807) is 17.0 Å². The molecule has 2 aromatic rings. The molecule has 2 aliphatic rings. The van der Waals surface area contributed by atoms with E-state index in [4.69, 9.17) is 27.6 Å². The SMILES string of the molecule is O=C(Nc1ccc(N2C(=O)C3CCCCN3C2=O)c(Cl)c1)c1ccc(Cl)o1. The number of carbonyl (C=O) groups is 3. The molecule has 2 aliphatic heterocycles. The van der Waals surface area contributed by atoms with Crippen molar-refractivity contribution in [3.63, 3.8) is 0 Å². The lowest BCUT2D eigenvalue weighted by molar-refractivity contribution is -0.120. The monoisotopic (exact) mass is 407 g/mol. The Hall–Kier alpha value is -2.51. The normalized spacial score (nSPS) is 19.4. The van der Waals surface area contributed by atoms with Gasteiger partial charge >= 0.3 is 6.03 Å². The van der Waals surface area contributed by atoms with E-state index >= 15 is 0 Å². The molecule has 27 heavy (non-hydrogen) atoms. The number of anilines is 2. The zero-order chi connectivity index (χ0) is 19.1. The predicted octanol–water partition coefficient (Wildman–Crippen LogP) is 4.16. The van der Waals surface area contributed by atoms with Crippen LogP contribution in [0.5, 0.6) is 0 Å². The van der Waals surface area contributed by atoms with Crippen molar-refractivity contribution in [2.45, 2.75) is 25.3 Å². The lowest BCUT2D eigenvalue weighted by Crippen LogP contribution is -2.39. The van der Waals surface area contributed by atoms with Crippen molar-refractivity contribution < 1.29 is 18.8 Å². The summed E-state index contributed by atoms with van der Waals surface area (Å²) in [5.74, 6) is -0.693. The Bertz CT molecular complexity index is 918. The molecule has 1 unspecified atom stereocenters. The van der Waals surface area contributed by atoms with Crippen LogP contribution in [0.25, 0.3) is 0 Å². The summed E-state index contributed by atoms with van der Waals surface area (Å²) in [7, 11) is 0. The van der Waals surface area contributed by atoms with Crippen LogP contribution in [0, 0.1) is 0 Å². The lowest BCUT2D eigenvalue weighted by Gasteiger charge is -2.26. The van der Waals surface area contributed by atoms with Crippen molar-refractivity contribution in [1.29, 1.82) is 0 Å². The number of rotatable bonds is 3. The summed E-state index contributed by atoms with van der Waals surface area (Å²) in [4.78, 5) is 40.1. The highest BCUT2D eigenvalue weighted by atomic mass is 35.5. The molecule has 3 heterocycles. The maximum Gasteiger partial charge on any atom is 0.332 e. The van der Waals surface area contributed by atoms with Crippen LogP contribution in [0.1, 0.15) is 29.8 Å². The number of halogens is 2. The molecule has 4 rings (SSSR count). The van der Waals surface area contributed by atoms with Gasteiger partial charge in [0.05, 0.1) is 10.7 Å². The van der Waals surface area contributed by atoms with Crippen LogP contribution < -0.4 is 10.2 Å². The minimum absolute atomic E-state index is 0.0574. The van der Waals surface area contributed by atoms with Crippen molar-refractivity contribution in [3.05, 3.63) is 46.3 Å². The largest absolute Gasteiger partial charge is 0.440 e. The topological polar surface area (TPSA) is 82.9 Å². The maximum atomic E-state index is 12.7. The number of hydrogen-bond acceptors (Lipinski definition) is 4. The van der Waals surface area contributed by atoms with Crippen molar-refractivity contribution in [3.8, 4) is 0 Å². The van der Waals surface area contributed by atoms with Crippen LogP contribution in [0.2, 0.25) is 10.2 Å². The molecule has 1 aromatic carbocycles. The highest BCUT2D eigenvalue weighted by Crippen LogP contribution is 2.35. The fourth-order valence-corrected chi connectivity index (χ4v) is 3.82. The van der Waals surface area contributed by atoms with E-state index in [1.807, 2.05) is 0 Å². The summed E-state index contributed by atoms with van der Waals surface area (Å²) in [6.07, 6.45) is 2.47. The molecule has 0 bridgehead atoms. The fourth-order valence-electron chi connectivity index (χ4n) is 3.41. The van der Waals surface area contributed by atoms with Gasteiger partial charge in [0.15, 0.2) is 11.0 Å². The number of piperidine rings is 1. The first kappa shape index (κ1) is 17.9. The number of carbonyl (C=O) groups excluding carboxylic acids is 3. The van der Waals surface area contributed by atoms with Gasteiger partial charge in [-0.2, -0.15) is 0 Å². The van der Waals surface area contributed by atoms with Crippen LogP contribution in [0.4, 0.5) is 16.2 Å². The molecule has 0 spiro atoms. The first-order valence-corrected chi connectivity index (χ1v) is 9.22. The van der Waals surface area contributed by atoms with Gasteiger partial charge < -0.3 is 14.6 Å². The van der Waals surface area contributed by atoms with Crippen molar-refractivity contribution in [1.82, 2.24) is 4.90 Å². The molecule has 9 heteroatoms. The van der Waals surface area contributed by atoms with Crippen molar-refractivity contribution in [2.24, 2.45) is 0 Å². The minimum Gasteiger partial charge on any atom is -0.440 e. The Balaban J connectivity index is 1.56. The standard InChI is InChI=1S/C18H15Cl2N3O4/c19-11-9-10(21-16(24)14-6-7-15(20)27-14)4-5-12(11)23-17(25)13-3-1-2-8-22(13)18(23)26/h4-7,9,13H,1-3,8H2,(H,21,24). The summed E-state index contributed by atoms with van der Waals surface area (Å²) < 4.78 is 5.05. The molecule has 0 saturated carbocycles. The quantitative estimate of drug-likeness (QED) is 0.774. The number of fused-ring (bicyclic) bond motifs is 1. The van der Waals surface area contributed by atoms with Gasteiger partial charge in [-0.15, -0.1) is 0 Å². The summed E-state index contributed by atoms with van der Waals surface area (Å²) >= 11 is 12.0. The van der Waals surface area contributed by atoms with Gasteiger partial charge in [-0.25, -0.2) is 9.69 Å². The molecule has 1 N–H and O–H groups in total. The fraction of sp³-hybridized carbons (Fsp3) is 0.278. The second-order valence-corrected chi connectivity index (χ2v) is 7.16. The van der Waals surface area contributed by atoms with Gasteiger partial charge in [0.25, 0.3) is 11.8 Å². The molecule has 0 aliphatic carbocycles. The van der Waals surface area contributed by atoms with Gasteiger partial charge in [-0.3, -0.25) is 9.59 Å². The van der Waals surface area contributed by atoms with E-state index in [0.29, 0.717) is 24.3 Å². The van der Waals surface area contributed by atoms with Gasteiger partial charge in [-0.05, 0) is 61.2 Å². The van der Waals surface area contributed by atoms with E-state index in [-0.39, 0.29) is 27.9 Å². The van der Waals surface area contributed by atoms with Crippen molar-refractivity contribution >= 4 is 52.4 Å². The molecule has 7 nitrogen and oxygen atoms in total. The van der Waals surface area contributed by atoms with E-state index in [0.717, 1.165) is 17.7 Å². The smallest absolute Gasteiger partial charge is 0.332 e. The third-order valence-electron chi connectivity index (χ3n) is 4.69. The first-order valence-electron chi connectivity index (χ1n) is 8.46. The van der Waals surface area contributed by atoms with E-state index in [2.05, 4.69) is 5.32 Å². The number of nitrogens with zero attached hydrogens (tertiary/aromatic N) is 2. The third kappa shape index (κ3) is 3.17. The van der Waals surface area contributed by atoms with E-state index < -0.39 is 11.9 Å². The van der Waals surface area contributed by atoms with Gasteiger partial charge in [0.1, 0.15) is 6.04 Å². The van der Waals surface area contributed by atoms with Crippen LogP contribution in [-0.4, -0.2) is 35.3 Å². The second kappa shape index (κ2) is 6.90. The number of nitrogens with one attached hydrogen (secondary N) is 1. The summed E-state index contributed by atoms with van der Waals surface area (Å²) in [5, 5.41) is 2.92. The average molecular weight is 408 g/mol. The summed E-state index contributed by atoms with van der Waals surface area (Å²) in [5.41, 5.74) is 0.707. The molecule has 4 amide bonds. The van der Waals surface area contributed by atoms with Gasteiger partial charge in [-0.1, -0.05) is 11.6 Å². The lowest BCUT2D eigenvalue weighted by atomic mass is 10.0. The van der Waals surface area contributed by atoms with Crippen LogP contribution in [-0.2, 0) is 4.79 Å². The van der Waals surface area contributed by atoms with Crippen LogP contribution in [0.3, 0.4) is 0 Å². The predicted molar refractivity (Wildman–Crippen MR) is 100 cm³/mol. The Kier molecular flexibility index (Phi) is 4.57. The Morgan fingerprint density at radius 2 is 1.96 bits per heavy atom.